The van der Waals surface area contributed by atoms with E-state index in [-0.39, 0.29) is 0 Å². The highest BCUT2D eigenvalue weighted by Crippen LogP contribution is 2.24. The smallest absolute Gasteiger partial charge is 0.144 e. The molecule has 0 atom stereocenters. The molecule has 0 spiro atoms. The number of hydrogen-bond acceptors (Lipinski definition) is 4. The third kappa shape index (κ3) is 3.68. The topological polar surface area (TPSA) is 57.9 Å². The number of nitrogens with zero attached hydrogens (tertiary/aromatic N) is 2. The van der Waals surface area contributed by atoms with E-state index in [4.69, 9.17) is 4.74 Å². The van der Waals surface area contributed by atoms with Crippen LogP contribution in [0.2, 0.25) is 0 Å². The normalized spacial score (nSPS) is 13.7. The maximum absolute atomic E-state index is 9.21. The third-order valence-corrected chi connectivity index (χ3v) is 3.38. The van der Waals surface area contributed by atoms with Crippen molar-refractivity contribution in [1.29, 1.82) is 5.26 Å². The van der Waals surface area contributed by atoms with Gasteiger partial charge in [-0.25, -0.2) is 4.98 Å². The first-order chi connectivity index (χ1) is 9.35. The molecule has 19 heavy (non-hydrogen) atoms. The minimum absolute atomic E-state index is 0.664. The van der Waals surface area contributed by atoms with Crippen LogP contribution < -0.4 is 5.32 Å². The Labute approximate surface area is 114 Å². The highest BCUT2D eigenvalue weighted by atomic mass is 16.5. The second kappa shape index (κ2) is 7.10. The number of aromatic nitrogens is 1. The van der Waals surface area contributed by atoms with Crippen LogP contribution in [0.4, 0.5) is 5.82 Å². The Balaban J connectivity index is 2.01. The molecule has 0 saturated carbocycles. The number of nitriles is 1. The fourth-order valence-electron chi connectivity index (χ4n) is 2.38. The second-order valence-corrected chi connectivity index (χ2v) is 4.79. The van der Waals surface area contributed by atoms with Crippen molar-refractivity contribution in [2.45, 2.75) is 39.0 Å². The fourth-order valence-corrected chi connectivity index (χ4v) is 2.38. The fraction of sp³-hybridized carbons (Fsp3) is 0.600. The maximum Gasteiger partial charge on any atom is 0.144 e. The molecule has 0 bridgehead atoms. The first-order valence-electron chi connectivity index (χ1n) is 7.09. The van der Waals surface area contributed by atoms with Crippen molar-refractivity contribution >= 4 is 5.82 Å². The molecule has 102 valence electrons. The Hall–Kier alpha value is -1.60. The molecule has 1 heterocycles. The van der Waals surface area contributed by atoms with Gasteiger partial charge in [-0.1, -0.05) is 0 Å². The van der Waals surface area contributed by atoms with E-state index in [9.17, 15) is 5.26 Å². The minimum atomic E-state index is 0.664. The number of nitrogens with one attached hydrogen (secondary N) is 1. The van der Waals surface area contributed by atoms with Gasteiger partial charge in [0.1, 0.15) is 11.9 Å². The Bertz CT molecular complexity index is 465. The molecular weight excluding hydrogens is 238 g/mol. The molecule has 0 radical (unpaired) electrons. The lowest BCUT2D eigenvalue weighted by molar-refractivity contribution is 0.147. The molecule has 2 rings (SSSR count). The molecule has 0 aliphatic heterocycles. The highest BCUT2D eigenvalue weighted by Gasteiger charge is 2.14. The van der Waals surface area contributed by atoms with Crippen LogP contribution in [0.15, 0.2) is 6.07 Å². The quantitative estimate of drug-likeness (QED) is 0.798. The van der Waals surface area contributed by atoms with Crippen molar-refractivity contribution in [2.24, 2.45) is 0 Å². The predicted molar refractivity (Wildman–Crippen MR) is 75.2 cm³/mol. The van der Waals surface area contributed by atoms with Crippen LogP contribution in [0.1, 0.15) is 43.0 Å². The molecule has 1 N–H and O–H groups in total. The number of fused-ring (bicyclic) bond motifs is 1. The summed E-state index contributed by atoms with van der Waals surface area (Å²) in [6.45, 7) is 4.28. The summed E-state index contributed by atoms with van der Waals surface area (Å²) in [4.78, 5) is 4.63. The van der Waals surface area contributed by atoms with Crippen LogP contribution in [0, 0.1) is 11.3 Å². The Morgan fingerprint density at radius 1 is 1.42 bits per heavy atom. The minimum Gasteiger partial charge on any atom is -0.382 e. The van der Waals surface area contributed by atoms with Crippen molar-refractivity contribution in [1.82, 2.24) is 4.98 Å². The molecule has 0 aromatic carbocycles. The van der Waals surface area contributed by atoms with Crippen LogP contribution >= 0.6 is 0 Å². The molecule has 0 saturated heterocycles. The van der Waals surface area contributed by atoms with E-state index < -0.39 is 0 Å². The van der Waals surface area contributed by atoms with Crippen molar-refractivity contribution in [3.63, 3.8) is 0 Å². The van der Waals surface area contributed by atoms with Crippen LogP contribution in [-0.2, 0) is 17.6 Å². The summed E-state index contributed by atoms with van der Waals surface area (Å²) in [5.74, 6) is 0.736. The van der Waals surface area contributed by atoms with Gasteiger partial charge in [-0.05, 0) is 50.7 Å². The van der Waals surface area contributed by atoms with Gasteiger partial charge in [-0.2, -0.15) is 5.26 Å². The van der Waals surface area contributed by atoms with Gasteiger partial charge < -0.3 is 10.1 Å². The molecule has 1 aliphatic carbocycles. The van der Waals surface area contributed by atoms with Gasteiger partial charge >= 0.3 is 0 Å². The lowest BCUT2D eigenvalue weighted by Gasteiger charge is -2.17. The first-order valence-corrected chi connectivity index (χ1v) is 7.09. The number of aryl methyl sites for hydroxylation is 2. The number of ether oxygens (including phenoxy) is 1. The van der Waals surface area contributed by atoms with Crippen LogP contribution in [0.3, 0.4) is 0 Å². The van der Waals surface area contributed by atoms with Crippen molar-refractivity contribution in [2.75, 3.05) is 25.1 Å². The summed E-state index contributed by atoms with van der Waals surface area (Å²) in [5, 5.41) is 12.5. The van der Waals surface area contributed by atoms with Crippen LogP contribution in [-0.4, -0.2) is 24.7 Å². The van der Waals surface area contributed by atoms with Gasteiger partial charge in [0.25, 0.3) is 0 Å². The summed E-state index contributed by atoms with van der Waals surface area (Å²) in [6.07, 6.45) is 5.43. The van der Waals surface area contributed by atoms with Gasteiger partial charge in [-0.3, -0.25) is 0 Å². The molecule has 0 unspecified atom stereocenters. The number of rotatable bonds is 6. The summed E-state index contributed by atoms with van der Waals surface area (Å²) >= 11 is 0. The largest absolute Gasteiger partial charge is 0.382 e. The number of anilines is 1. The SMILES string of the molecule is CCOCCCNc1nc2c(cc1C#N)CCCC2. The Kier molecular flexibility index (Phi) is 5.17. The van der Waals surface area contributed by atoms with Crippen molar-refractivity contribution < 1.29 is 4.74 Å². The average Bonchev–Trinajstić information content (AvgIpc) is 2.46. The van der Waals surface area contributed by atoms with E-state index in [1.54, 1.807) is 0 Å². The molecule has 0 amide bonds. The molecule has 1 aliphatic rings. The van der Waals surface area contributed by atoms with Gasteiger partial charge in [0, 0.05) is 25.5 Å². The zero-order valence-corrected chi connectivity index (χ0v) is 11.5. The summed E-state index contributed by atoms with van der Waals surface area (Å²) in [6, 6.07) is 4.25. The zero-order valence-electron chi connectivity index (χ0n) is 11.5. The summed E-state index contributed by atoms with van der Waals surface area (Å²) < 4.78 is 5.29. The van der Waals surface area contributed by atoms with E-state index in [1.807, 2.05) is 13.0 Å². The molecule has 1 aromatic heterocycles. The monoisotopic (exact) mass is 259 g/mol. The maximum atomic E-state index is 9.21. The van der Waals surface area contributed by atoms with E-state index in [0.717, 1.165) is 50.5 Å². The Morgan fingerprint density at radius 2 is 2.26 bits per heavy atom. The predicted octanol–water partition coefficient (Wildman–Crippen LogP) is 2.67. The van der Waals surface area contributed by atoms with E-state index in [0.29, 0.717) is 5.56 Å². The lowest BCUT2D eigenvalue weighted by atomic mass is 9.95. The van der Waals surface area contributed by atoms with Gasteiger partial charge in [0.05, 0.1) is 5.56 Å². The van der Waals surface area contributed by atoms with Crippen LogP contribution in [0.25, 0.3) is 0 Å². The van der Waals surface area contributed by atoms with Gasteiger partial charge in [0.2, 0.25) is 0 Å². The number of pyridine rings is 1. The average molecular weight is 259 g/mol. The highest BCUT2D eigenvalue weighted by molar-refractivity contribution is 5.54. The Morgan fingerprint density at radius 3 is 3.05 bits per heavy atom. The molecule has 4 nitrogen and oxygen atoms in total. The van der Waals surface area contributed by atoms with E-state index in [1.165, 1.54) is 18.4 Å². The molecule has 4 heteroatoms. The summed E-state index contributed by atoms with van der Waals surface area (Å²) in [5.41, 5.74) is 3.08. The van der Waals surface area contributed by atoms with Crippen molar-refractivity contribution in [3.05, 3.63) is 22.9 Å². The first kappa shape index (κ1) is 13.8. The van der Waals surface area contributed by atoms with Crippen LogP contribution in [0.5, 0.6) is 0 Å². The zero-order chi connectivity index (χ0) is 13.5. The van der Waals surface area contributed by atoms with Crippen molar-refractivity contribution in [3.8, 4) is 6.07 Å². The number of hydrogen-bond donors (Lipinski definition) is 1. The third-order valence-electron chi connectivity index (χ3n) is 3.38. The van der Waals surface area contributed by atoms with E-state index >= 15 is 0 Å². The van der Waals surface area contributed by atoms with E-state index in [2.05, 4.69) is 16.4 Å². The molecular formula is C15H21N3O. The summed E-state index contributed by atoms with van der Waals surface area (Å²) in [7, 11) is 0. The second-order valence-electron chi connectivity index (χ2n) is 4.79. The van der Waals surface area contributed by atoms with Gasteiger partial charge in [-0.15, -0.1) is 0 Å². The standard InChI is InChI=1S/C15H21N3O/c1-2-19-9-5-8-17-15-13(11-16)10-12-6-3-4-7-14(12)18-15/h10H,2-9H2,1H3,(H,17,18). The molecule has 0 fully saturated rings. The lowest BCUT2D eigenvalue weighted by Crippen LogP contribution is -2.12. The van der Waals surface area contributed by atoms with Gasteiger partial charge in [0.15, 0.2) is 0 Å². The molecule has 1 aromatic rings.